The SMILES string of the molecule is CO[C@@H]1O[C@@H]2COC(c3ccccc3)O[C@@H]2[C@H](OCc2ccccc2)[C@H]1OCc1ccccc1. The Morgan fingerprint density at radius 3 is 1.85 bits per heavy atom. The fourth-order valence-corrected chi connectivity index (χ4v) is 4.42. The summed E-state index contributed by atoms with van der Waals surface area (Å²) in [7, 11) is 1.62. The zero-order valence-corrected chi connectivity index (χ0v) is 19.2. The van der Waals surface area contributed by atoms with Crippen LogP contribution in [-0.4, -0.2) is 44.4 Å². The molecule has 0 radical (unpaired) electrons. The molecule has 34 heavy (non-hydrogen) atoms. The van der Waals surface area contributed by atoms with Crippen LogP contribution in [0.4, 0.5) is 0 Å². The topological polar surface area (TPSA) is 55.4 Å². The Morgan fingerprint density at radius 1 is 0.706 bits per heavy atom. The van der Waals surface area contributed by atoms with Gasteiger partial charge in [-0.05, 0) is 11.1 Å². The second-order valence-corrected chi connectivity index (χ2v) is 8.48. The van der Waals surface area contributed by atoms with Gasteiger partial charge < -0.3 is 28.4 Å². The molecule has 0 saturated carbocycles. The first-order valence-corrected chi connectivity index (χ1v) is 11.6. The zero-order valence-electron chi connectivity index (χ0n) is 19.2. The Hall–Kier alpha value is -2.58. The molecule has 3 aromatic rings. The summed E-state index contributed by atoms with van der Waals surface area (Å²) < 4.78 is 37.2. The first kappa shape index (κ1) is 23.2. The Kier molecular flexibility index (Phi) is 7.65. The zero-order chi connectivity index (χ0) is 23.2. The molecule has 2 aliphatic rings. The van der Waals surface area contributed by atoms with E-state index in [4.69, 9.17) is 28.4 Å². The molecule has 5 rings (SSSR count). The largest absolute Gasteiger partial charge is 0.368 e. The van der Waals surface area contributed by atoms with Crippen LogP contribution >= 0.6 is 0 Å². The summed E-state index contributed by atoms with van der Waals surface area (Å²) in [6.45, 7) is 1.22. The molecule has 2 fully saturated rings. The quantitative estimate of drug-likeness (QED) is 0.486. The Balaban J connectivity index is 1.39. The Morgan fingerprint density at radius 2 is 1.26 bits per heavy atom. The Labute approximate surface area is 200 Å². The number of methoxy groups -OCH3 is 1. The number of fused-ring (bicyclic) bond motifs is 1. The number of hydrogen-bond donors (Lipinski definition) is 0. The lowest BCUT2D eigenvalue weighted by Crippen LogP contribution is -2.63. The second kappa shape index (κ2) is 11.2. The monoisotopic (exact) mass is 462 g/mol. The van der Waals surface area contributed by atoms with E-state index in [1.165, 1.54) is 0 Å². The minimum Gasteiger partial charge on any atom is -0.368 e. The van der Waals surface area contributed by atoms with Crippen molar-refractivity contribution in [2.75, 3.05) is 13.7 Å². The molecule has 2 saturated heterocycles. The summed E-state index contributed by atoms with van der Waals surface area (Å²) >= 11 is 0. The number of hydrogen-bond acceptors (Lipinski definition) is 6. The number of ether oxygens (including phenoxy) is 6. The van der Waals surface area contributed by atoms with Gasteiger partial charge in [-0.25, -0.2) is 0 Å². The van der Waals surface area contributed by atoms with E-state index in [1.54, 1.807) is 7.11 Å². The van der Waals surface area contributed by atoms with E-state index < -0.39 is 24.8 Å². The lowest BCUT2D eigenvalue weighted by molar-refractivity contribution is -0.369. The van der Waals surface area contributed by atoms with Crippen molar-refractivity contribution in [2.24, 2.45) is 0 Å². The van der Waals surface area contributed by atoms with Gasteiger partial charge in [-0.1, -0.05) is 91.0 Å². The molecule has 0 N–H and O–H groups in total. The minimum absolute atomic E-state index is 0.331. The third-order valence-electron chi connectivity index (χ3n) is 6.16. The summed E-state index contributed by atoms with van der Waals surface area (Å²) in [6, 6.07) is 30.0. The molecular formula is C28H30O6. The van der Waals surface area contributed by atoms with Crippen molar-refractivity contribution < 1.29 is 28.4 Å². The average molecular weight is 463 g/mol. The van der Waals surface area contributed by atoms with Crippen molar-refractivity contribution >= 4 is 0 Å². The fourth-order valence-electron chi connectivity index (χ4n) is 4.42. The summed E-state index contributed by atoms with van der Waals surface area (Å²) in [5.41, 5.74) is 3.10. The van der Waals surface area contributed by atoms with E-state index in [9.17, 15) is 0 Å². The third kappa shape index (κ3) is 5.39. The van der Waals surface area contributed by atoms with E-state index in [0.717, 1.165) is 16.7 Å². The van der Waals surface area contributed by atoms with Gasteiger partial charge in [0.05, 0.1) is 19.8 Å². The van der Waals surface area contributed by atoms with Crippen molar-refractivity contribution in [2.45, 2.75) is 50.2 Å². The predicted octanol–water partition coefficient (Wildman–Crippen LogP) is 4.64. The average Bonchev–Trinajstić information content (AvgIpc) is 2.91. The van der Waals surface area contributed by atoms with Gasteiger partial charge in [0.2, 0.25) is 0 Å². The summed E-state index contributed by atoms with van der Waals surface area (Å²) in [6.07, 6.45) is -2.71. The first-order valence-electron chi connectivity index (χ1n) is 11.6. The maximum absolute atomic E-state index is 6.49. The van der Waals surface area contributed by atoms with E-state index in [0.29, 0.717) is 19.8 Å². The van der Waals surface area contributed by atoms with Crippen molar-refractivity contribution in [3.63, 3.8) is 0 Å². The van der Waals surface area contributed by atoms with E-state index in [2.05, 4.69) is 0 Å². The molecule has 6 heteroatoms. The molecule has 2 heterocycles. The van der Waals surface area contributed by atoms with Crippen LogP contribution in [0, 0.1) is 0 Å². The Bertz CT molecular complexity index is 993. The van der Waals surface area contributed by atoms with Crippen LogP contribution < -0.4 is 0 Å². The van der Waals surface area contributed by atoms with Gasteiger partial charge >= 0.3 is 0 Å². The summed E-state index contributed by atoms with van der Waals surface area (Å²) in [5.74, 6) is 0. The smallest absolute Gasteiger partial charge is 0.186 e. The highest BCUT2D eigenvalue weighted by Gasteiger charge is 2.51. The van der Waals surface area contributed by atoms with Crippen LogP contribution in [-0.2, 0) is 41.6 Å². The number of benzene rings is 3. The van der Waals surface area contributed by atoms with Crippen LogP contribution in [0.5, 0.6) is 0 Å². The van der Waals surface area contributed by atoms with Crippen molar-refractivity contribution in [3.8, 4) is 0 Å². The molecule has 0 aliphatic carbocycles. The highest BCUT2D eigenvalue weighted by molar-refractivity contribution is 5.17. The predicted molar refractivity (Wildman–Crippen MR) is 126 cm³/mol. The standard InChI is InChI=1S/C28H30O6/c1-29-28-26(31-18-21-13-7-3-8-14-21)25(30-17-20-11-5-2-6-12-20)24-23(33-28)19-32-27(34-24)22-15-9-4-10-16-22/h2-16,23-28H,17-19H2,1H3/t23-,24+,25+,26-,27?,28-/m1/s1. The third-order valence-corrected chi connectivity index (χ3v) is 6.16. The van der Waals surface area contributed by atoms with E-state index in [-0.39, 0.29) is 12.2 Å². The molecule has 3 aromatic carbocycles. The van der Waals surface area contributed by atoms with Crippen LogP contribution in [0.1, 0.15) is 23.0 Å². The van der Waals surface area contributed by atoms with Crippen LogP contribution in [0.15, 0.2) is 91.0 Å². The van der Waals surface area contributed by atoms with Gasteiger partial charge in [-0.3, -0.25) is 0 Å². The molecule has 1 unspecified atom stereocenters. The fraction of sp³-hybridized carbons (Fsp3) is 0.357. The van der Waals surface area contributed by atoms with Gasteiger partial charge in [0.1, 0.15) is 24.4 Å². The maximum atomic E-state index is 6.49. The van der Waals surface area contributed by atoms with Crippen molar-refractivity contribution in [3.05, 3.63) is 108 Å². The van der Waals surface area contributed by atoms with Gasteiger partial charge in [-0.2, -0.15) is 0 Å². The molecule has 0 aromatic heterocycles. The van der Waals surface area contributed by atoms with Crippen LogP contribution in [0.25, 0.3) is 0 Å². The normalized spacial score (nSPS) is 28.9. The highest BCUT2D eigenvalue weighted by atomic mass is 16.8. The lowest BCUT2D eigenvalue weighted by atomic mass is 9.97. The molecule has 0 bridgehead atoms. The minimum atomic E-state index is -0.605. The summed E-state index contributed by atoms with van der Waals surface area (Å²) in [4.78, 5) is 0. The summed E-state index contributed by atoms with van der Waals surface area (Å²) in [5, 5.41) is 0. The second-order valence-electron chi connectivity index (χ2n) is 8.48. The van der Waals surface area contributed by atoms with Gasteiger partial charge in [0.25, 0.3) is 0 Å². The molecule has 178 valence electrons. The molecule has 6 atom stereocenters. The molecule has 6 nitrogen and oxygen atoms in total. The first-order chi connectivity index (χ1) is 16.8. The van der Waals surface area contributed by atoms with Gasteiger partial charge in [-0.15, -0.1) is 0 Å². The van der Waals surface area contributed by atoms with E-state index >= 15 is 0 Å². The van der Waals surface area contributed by atoms with Gasteiger partial charge in [0.15, 0.2) is 12.6 Å². The van der Waals surface area contributed by atoms with Gasteiger partial charge in [0, 0.05) is 12.7 Å². The highest BCUT2D eigenvalue weighted by Crippen LogP contribution is 2.37. The van der Waals surface area contributed by atoms with Crippen LogP contribution in [0.2, 0.25) is 0 Å². The van der Waals surface area contributed by atoms with Crippen molar-refractivity contribution in [1.29, 1.82) is 0 Å². The molecule has 2 aliphatic heterocycles. The molecular weight excluding hydrogens is 432 g/mol. The molecule has 0 amide bonds. The maximum Gasteiger partial charge on any atom is 0.186 e. The molecule has 0 spiro atoms. The van der Waals surface area contributed by atoms with Crippen LogP contribution in [0.3, 0.4) is 0 Å². The van der Waals surface area contributed by atoms with E-state index in [1.807, 2.05) is 91.0 Å². The van der Waals surface area contributed by atoms with Crippen molar-refractivity contribution in [1.82, 2.24) is 0 Å². The number of rotatable bonds is 8. The lowest BCUT2D eigenvalue weighted by Gasteiger charge is -2.48.